The topological polar surface area (TPSA) is 86.0 Å². The van der Waals surface area contributed by atoms with Crippen LogP contribution in [0.25, 0.3) is 5.65 Å². The number of nitrogens with zero attached hydrogens (tertiary/aromatic N) is 5. The lowest BCUT2D eigenvalue weighted by molar-refractivity contribution is 0.0938. The summed E-state index contributed by atoms with van der Waals surface area (Å²) >= 11 is 0. The zero-order valence-electron chi connectivity index (χ0n) is 21.2. The number of amides is 1. The van der Waals surface area contributed by atoms with Gasteiger partial charge in [-0.05, 0) is 38.2 Å². The van der Waals surface area contributed by atoms with Gasteiger partial charge in [-0.1, -0.05) is 18.2 Å². The Balaban J connectivity index is 1.17. The molecule has 2 aliphatic heterocycles. The van der Waals surface area contributed by atoms with Crippen molar-refractivity contribution in [1.29, 1.82) is 0 Å². The molecule has 8 nitrogen and oxygen atoms in total. The van der Waals surface area contributed by atoms with Gasteiger partial charge in [0.15, 0.2) is 5.65 Å². The predicted molar refractivity (Wildman–Crippen MR) is 135 cm³/mol. The van der Waals surface area contributed by atoms with Crippen LogP contribution in [0.2, 0.25) is 0 Å². The standard InChI is InChI=1S/C27H31F3N6O2/c1-16(20-3-2-4-21(23(20)28)24(29)30)33-26(38)17-9-22(25-31-15-32-36(25)11-17)34-7-5-19(6-8-34)35-12-18-10-27(18,13-35)14-37/h2-4,9,11,15-16,18-19,24,37H,5-8,10,12-14H2,1H3,(H,33,38)/t16-,18?,27?/m1/s1. The second-order valence-corrected chi connectivity index (χ2v) is 11.0. The van der Waals surface area contributed by atoms with Crippen molar-refractivity contribution < 1.29 is 23.1 Å². The zero-order chi connectivity index (χ0) is 26.6. The van der Waals surface area contributed by atoms with Gasteiger partial charge in [-0.15, -0.1) is 0 Å². The highest BCUT2D eigenvalue weighted by Gasteiger charge is 2.60. The van der Waals surface area contributed by atoms with Crippen molar-refractivity contribution in [3.05, 3.63) is 59.3 Å². The first-order valence-corrected chi connectivity index (χ1v) is 13.1. The number of carbonyl (C=O) groups is 1. The fourth-order valence-corrected chi connectivity index (χ4v) is 6.32. The van der Waals surface area contributed by atoms with Gasteiger partial charge in [0.05, 0.1) is 29.5 Å². The molecule has 1 amide bonds. The number of aromatic nitrogens is 3. The van der Waals surface area contributed by atoms with Crippen molar-refractivity contribution in [2.75, 3.05) is 37.7 Å². The highest BCUT2D eigenvalue weighted by molar-refractivity contribution is 5.96. The molecule has 2 N–H and O–H groups in total. The first-order valence-electron chi connectivity index (χ1n) is 13.1. The van der Waals surface area contributed by atoms with Crippen LogP contribution in [0.15, 0.2) is 36.8 Å². The predicted octanol–water partition coefficient (Wildman–Crippen LogP) is 3.58. The quantitative estimate of drug-likeness (QED) is 0.488. The fourth-order valence-electron chi connectivity index (χ4n) is 6.32. The second-order valence-electron chi connectivity index (χ2n) is 11.0. The molecule has 2 unspecified atom stereocenters. The average Bonchev–Trinajstić information content (AvgIpc) is 3.23. The van der Waals surface area contributed by atoms with Crippen molar-refractivity contribution in [3.8, 4) is 0 Å². The smallest absolute Gasteiger partial charge is 0.266 e. The number of hydrogen-bond donors (Lipinski definition) is 2. The normalized spacial score (nSPS) is 24.7. The van der Waals surface area contributed by atoms with E-state index in [1.807, 2.05) is 0 Å². The third-order valence-electron chi connectivity index (χ3n) is 8.69. The van der Waals surface area contributed by atoms with Crippen LogP contribution in [0.5, 0.6) is 0 Å². The summed E-state index contributed by atoms with van der Waals surface area (Å²) in [5.41, 5.74) is 1.21. The number of rotatable bonds is 7. The van der Waals surface area contributed by atoms with E-state index >= 15 is 0 Å². The number of aliphatic hydroxyl groups is 1. The van der Waals surface area contributed by atoms with E-state index in [1.165, 1.54) is 18.5 Å². The third kappa shape index (κ3) is 4.31. The summed E-state index contributed by atoms with van der Waals surface area (Å²) in [7, 11) is 0. The van der Waals surface area contributed by atoms with E-state index < -0.39 is 29.8 Å². The van der Waals surface area contributed by atoms with Crippen LogP contribution in [0, 0.1) is 17.2 Å². The molecule has 1 aliphatic carbocycles. The molecule has 3 fully saturated rings. The number of alkyl halides is 2. The van der Waals surface area contributed by atoms with E-state index in [4.69, 9.17) is 0 Å². The van der Waals surface area contributed by atoms with Crippen molar-refractivity contribution in [1.82, 2.24) is 24.8 Å². The molecule has 3 atom stereocenters. The Labute approximate surface area is 218 Å². The lowest BCUT2D eigenvalue weighted by Gasteiger charge is -2.38. The van der Waals surface area contributed by atoms with E-state index in [9.17, 15) is 23.1 Å². The molecule has 11 heteroatoms. The van der Waals surface area contributed by atoms with Gasteiger partial charge in [0, 0.05) is 49.4 Å². The van der Waals surface area contributed by atoms with Gasteiger partial charge >= 0.3 is 0 Å². The molecular weight excluding hydrogens is 497 g/mol. The molecule has 0 spiro atoms. The van der Waals surface area contributed by atoms with Crippen molar-refractivity contribution in [3.63, 3.8) is 0 Å². The summed E-state index contributed by atoms with van der Waals surface area (Å²) in [4.78, 5) is 22.3. The van der Waals surface area contributed by atoms with Crippen LogP contribution in [0.3, 0.4) is 0 Å². The van der Waals surface area contributed by atoms with Gasteiger partial charge < -0.3 is 15.3 Å². The number of pyridine rings is 1. The Morgan fingerprint density at radius 3 is 2.74 bits per heavy atom. The largest absolute Gasteiger partial charge is 0.396 e. The first-order chi connectivity index (χ1) is 18.3. The van der Waals surface area contributed by atoms with Crippen LogP contribution in [-0.4, -0.2) is 69.3 Å². The number of fused-ring (bicyclic) bond motifs is 2. The maximum atomic E-state index is 14.6. The Kier molecular flexibility index (Phi) is 6.30. The van der Waals surface area contributed by atoms with E-state index in [-0.39, 0.29) is 17.6 Å². The molecule has 3 aliphatic rings. The van der Waals surface area contributed by atoms with Crippen molar-refractivity contribution in [2.24, 2.45) is 11.3 Å². The van der Waals surface area contributed by atoms with Crippen molar-refractivity contribution in [2.45, 2.75) is 44.7 Å². The van der Waals surface area contributed by atoms with Crippen LogP contribution in [0.1, 0.15) is 60.1 Å². The number of nitrogens with one attached hydrogen (secondary N) is 1. The van der Waals surface area contributed by atoms with Gasteiger partial charge in [0.2, 0.25) is 0 Å². The minimum atomic E-state index is -2.94. The van der Waals surface area contributed by atoms with E-state index in [2.05, 4.69) is 25.2 Å². The maximum Gasteiger partial charge on any atom is 0.266 e. The Morgan fingerprint density at radius 1 is 1.26 bits per heavy atom. The number of likely N-dealkylation sites (tertiary alicyclic amines) is 1. The van der Waals surface area contributed by atoms with Gasteiger partial charge in [-0.2, -0.15) is 5.10 Å². The number of piperidine rings is 2. The van der Waals surface area contributed by atoms with Gasteiger partial charge in [-0.25, -0.2) is 22.7 Å². The summed E-state index contributed by atoms with van der Waals surface area (Å²) in [5, 5.41) is 16.7. The van der Waals surface area contributed by atoms with Crippen LogP contribution in [0.4, 0.5) is 18.9 Å². The average molecular weight is 529 g/mol. The lowest BCUT2D eigenvalue weighted by atomic mass is 10.0. The summed E-state index contributed by atoms with van der Waals surface area (Å²) < 4.78 is 42.5. The third-order valence-corrected chi connectivity index (χ3v) is 8.69. The van der Waals surface area contributed by atoms with Crippen LogP contribution in [-0.2, 0) is 0 Å². The number of carbonyl (C=O) groups excluding carboxylic acids is 1. The highest BCUT2D eigenvalue weighted by atomic mass is 19.3. The number of anilines is 1. The molecule has 6 rings (SSSR count). The molecule has 38 heavy (non-hydrogen) atoms. The van der Waals surface area contributed by atoms with Gasteiger partial charge in [0.1, 0.15) is 12.1 Å². The SMILES string of the molecule is C[C@@H](NC(=O)c1cc(N2CCC(N3CC4CC4(CO)C3)CC2)c2ncnn2c1)c1cccc(C(F)F)c1F. The molecule has 2 aromatic heterocycles. The Bertz CT molecular complexity index is 1350. The molecule has 1 saturated carbocycles. The van der Waals surface area contributed by atoms with Gasteiger partial charge in [0.25, 0.3) is 12.3 Å². The number of aliphatic hydroxyl groups excluding tert-OH is 1. The summed E-state index contributed by atoms with van der Waals surface area (Å²) in [6, 6.07) is 5.23. The molecule has 4 heterocycles. The minimum absolute atomic E-state index is 0.00260. The Hall–Kier alpha value is -3.18. The van der Waals surface area contributed by atoms with Gasteiger partial charge in [-0.3, -0.25) is 9.69 Å². The monoisotopic (exact) mass is 528 g/mol. The van der Waals surface area contributed by atoms with E-state index in [0.717, 1.165) is 57.2 Å². The van der Waals surface area contributed by atoms with E-state index in [0.29, 0.717) is 23.2 Å². The molecular formula is C27H31F3N6O2. The summed E-state index contributed by atoms with van der Waals surface area (Å²) in [5.74, 6) is -0.839. The Morgan fingerprint density at radius 2 is 2.03 bits per heavy atom. The molecule has 0 bridgehead atoms. The van der Waals surface area contributed by atoms with E-state index in [1.54, 1.807) is 23.7 Å². The molecule has 3 aromatic rings. The second kappa shape index (κ2) is 9.53. The van der Waals surface area contributed by atoms with Crippen LogP contribution < -0.4 is 10.2 Å². The molecule has 2 saturated heterocycles. The minimum Gasteiger partial charge on any atom is -0.396 e. The number of halogens is 3. The summed E-state index contributed by atoms with van der Waals surface area (Å²) in [6.07, 6.45) is 3.15. The maximum absolute atomic E-state index is 14.6. The van der Waals surface area contributed by atoms with Crippen molar-refractivity contribution >= 4 is 17.2 Å². The number of benzene rings is 1. The lowest BCUT2D eigenvalue weighted by Crippen LogP contribution is -2.45. The first kappa shape index (κ1) is 25.1. The molecule has 0 radical (unpaired) electrons. The number of hydrogen-bond acceptors (Lipinski definition) is 6. The zero-order valence-corrected chi connectivity index (χ0v) is 21.2. The molecule has 1 aromatic carbocycles. The highest BCUT2D eigenvalue weighted by Crippen LogP contribution is 2.58. The van der Waals surface area contributed by atoms with Crippen LogP contribution >= 0.6 is 0 Å². The summed E-state index contributed by atoms with van der Waals surface area (Å²) in [6.45, 7) is 5.47. The fraction of sp³-hybridized carbons (Fsp3) is 0.519. The molecule has 202 valence electrons.